The van der Waals surface area contributed by atoms with Crippen LogP contribution in [0.2, 0.25) is 0 Å². The molecule has 2 nitrogen and oxygen atoms in total. The van der Waals surface area contributed by atoms with Crippen molar-refractivity contribution in [3.05, 3.63) is 24.3 Å². The van der Waals surface area contributed by atoms with E-state index in [0.717, 1.165) is 13.0 Å². The summed E-state index contributed by atoms with van der Waals surface area (Å²) in [5, 5.41) is 0. The number of hydrogen-bond donors (Lipinski definition) is 0. The Hall–Kier alpha value is -0.880. The van der Waals surface area contributed by atoms with Crippen LogP contribution in [0.5, 0.6) is 5.75 Å². The number of halogens is 3. The zero-order valence-corrected chi connectivity index (χ0v) is 12.8. The molecule has 6 heteroatoms. The number of nitrogens with zero attached hydrogens (tertiary/aromatic N) is 1. The summed E-state index contributed by atoms with van der Waals surface area (Å²) < 4.78 is 42.3. The van der Waals surface area contributed by atoms with Gasteiger partial charge >= 0.3 is 5.51 Å². The Morgan fingerprint density at radius 1 is 1.24 bits per heavy atom. The van der Waals surface area contributed by atoms with Crippen molar-refractivity contribution in [2.45, 2.75) is 42.1 Å². The molecule has 1 saturated heterocycles. The number of piperidine rings is 1. The van der Waals surface area contributed by atoms with Gasteiger partial charge in [0.05, 0.1) is 6.61 Å². The molecule has 0 aromatic heterocycles. The third kappa shape index (κ3) is 5.79. The van der Waals surface area contributed by atoms with Gasteiger partial charge in [-0.3, -0.25) is 0 Å². The minimum Gasteiger partial charge on any atom is -0.494 e. The Bertz CT molecular complexity index is 436. The first-order chi connectivity index (χ1) is 9.94. The number of alkyl halides is 3. The molecule has 0 N–H and O–H groups in total. The predicted octanol–water partition coefficient (Wildman–Crippen LogP) is 4.55. The van der Waals surface area contributed by atoms with Crippen LogP contribution < -0.4 is 4.74 Å². The Morgan fingerprint density at radius 2 is 1.95 bits per heavy atom. The maximum absolute atomic E-state index is 12.2. The predicted molar refractivity (Wildman–Crippen MR) is 78.7 cm³/mol. The average Bonchev–Trinajstić information content (AvgIpc) is 2.41. The highest BCUT2D eigenvalue weighted by Gasteiger charge is 2.29. The van der Waals surface area contributed by atoms with Crippen LogP contribution in [-0.2, 0) is 0 Å². The number of likely N-dealkylation sites (tertiary alicyclic amines) is 1. The largest absolute Gasteiger partial charge is 0.494 e. The van der Waals surface area contributed by atoms with Gasteiger partial charge < -0.3 is 9.64 Å². The van der Waals surface area contributed by atoms with Gasteiger partial charge in [-0.15, -0.1) is 0 Å². The van der Waals surface area contributed by atoms with Gasteiger partial charge in [-0.2, -0.15) is 13.2 Å². The molecule has 0 spiro atoms. The Labute approximate surface area is 127 Å². The maximum Gasteiger partial charge on any atom is 0.446 e. The zero-order valence-electron chi connectivity index (χ0n) is 12.0. The quantitative estimate of drug-likeness (QED) is 0.739. The van der Waals surface area contributed by atoms with Crippen LogP contribution in [0.3, 0.4) is 0 Å². The van der Waals surface area contributed by atoms with Crippen LogP contribution in [-0.4, -0.2) is 36.6 Å². The first-order valence-corrected chi connectivity index (χ1v) is 7.94. The van der Waals surface area contributed by atoms with Crippen molar-refractivity contribution in [1.82, 2.24) is 4.90 Å². The Balaban J connectivity index is 1.76. The number of ether oxygens (including phenoxy) is 1. The monoisotopic (exact) mass is 319 g/mol. The first-order valence-electron chi connectivity index (χ1n) is 7.13. The molecular formula is C15H20F3NOS. The van der Waals surface area contributed by atoms with E-state index < -0.39 is 5.51 Å². The van der Waals surface area contributed by atoms with Gasteiger partial charge in [-0.1, -0.05) is 6.42 Å². The SMILES string of the molecule is CN1CCCCC1CCOc1ccc(SC(F)(F)F)cc1. The third-order valence-corrected chi connectivity index (χ3v) is 4.44. The molecule has 1 aliphatic heterocycles. The minimum atomic E-state index is -4.24. The second-order valence-corrected chi connectivity index (χ2v) is 6.42. The molecule has 1 unspecified atom stereocenters. The van der Waals surface area contributed by atoms with Gasteiger partial charge in [-0.05, 0) is 68.9 Å². The van der Waals surface area contributed by atoms with E-state index in [0.29, 0.717) is 18.4 Å². The average molecular weight is 319 g/mol. The van der Waals surface area contributed by atoms with Crippen molar-refractivity contribution < 1.29 is 17.9 Å². The molecule has 1 atom stereocenters. The van der Waals surface area contributed by atoms with Crippen LogP contribution in [0, 0.1) is 0 Å². The molecule has 1 aromatic carbocycles. The molecule has 1 aliphatic rings. The fraction of sp³-hybridized carbons (Fsp3) is 0.600. The van der Waals surface area contributed by atoms with Crippen molar-refractivity contribution in [3.8, 4) is 5.75 Å². The van der Waals surface area contributed by atoms with E-state index in [-0.39, 0.29) is 16.7 Å². The number of thioether (sulfide) groups is 1. The number of rotatable bonds is 5. The molecule has 118 valence electrons. The summed E-state index contributed by atoms with van der Waals surface area (Å²) in [5.41, 5.74) is -4.24. The lowest BCUT2D eigenvalue weighted by atomic mass is 10.0. The minimum absolute atomic E-state index is 0.106. The normalized spacial score (nSPS) is 20.5. The van der Waals surface area contributed by atoms with Crippen molar-refractivity contribution in [2.24, 2.45) is 0 Å². The number of hydrogen-bond acceptors (Lipinski definition) is 3. The molecule has 0 saturated carbocycles. The second-order valence-electron chi connectivity index (χ2n) is 5.29. The van der Waals surface area contributed by atoms with Gasteiger partial charge in [0, 0.05) is 10.9 Å². The van der Waals surface area contributed by atoms with E-state index in [1.54, 1.807) is 12.1 Å². The Kier molecular flexibility index (Phi) is 5.81. The smallest absolute Gasteiger partial charge is 0.446 e. The van der Waals surface area contributed by atoms with E-state index >= 15 is 0 Å². The molecule has 1 aromatic rings. The van der Waals surface area contributed by atoms with Crippen molar-refractivity contribution in [2.75, 3.05) is 20.2 Å². The summed E-state index contributed by atoms with van der Waals surface area (Å²) in [6.45, 7) is 1.73. The van der Waals surface area contributed by atoms with Gasteiger partial charge in [0.1, 0.15) is 5.75 Å². The van der Waals surface area contributed by atoms with E-state index in [9.17, 15) is 13.2 Å². The van der Waals surface area contributed by atoms with E-state index in [1.165, 1.54) is 31.4 Å². The van der Waals surface area contributed by atoms with Crippen LogP contribution in [0.4, 0.5) is 13.2 Å². The lowest BCUT2D eigenvalue weighted by Crippen LogP contribution is -2.37. The van der Waals surface area contributed by atoms with Crippen LogP contribution in [0.15, 0.2) is 29.2 Å². The van der Waals surface area contributed by atoms with E-state index in [4.69, 9.17) is 4.74 Å². The van der Waals surface area contributed by atoms with Crippen molar-refractivity contribution in [3.63, 3.8) is 0 Å². The van der Waals surface area contributed by atoms with Crippen LogP contribution >= 0.6 is 11.8 Å². The fourth-order valence-electron chi connectivity index (χ4n) is 2.56. The highest BCUT2D eigenvalue weighted by atomic mass is 32.2. The summed E-state index contributed by atoms with van der Waals surface area (Å²) in [4.78, 5) is 2.54. The lowest BCUT2D eigenvalue weighted by molar-refractivity contribution is -0.0328. The van der Waals surface area contributed by atoms with Gasteiger partial charge in [-0.25, -0.2) is 0 Å². The zero-order chi connectivity index (χ0) is 15.3. The summed E-state index contributed by atoms with van der Waals surface area (Å²) in [6.07, 6.45) is 4.67. The van der Waals surface area contributed by atoms with E-state index in [1.807, 2.05) is 0 Å². The molecule has 2 rings (SSSR count). The van der Waals surface area contributed by atoms with Gasteiger partial charge in [0.2, 0.25) is 0 Å². The molecule has 0 bridgehead atoms. The van der Waals surface area contributed by atoms with Crippen LogP contribution in [0.1, 0.15) is 25.7 Å². The summed E-state index contributed by atoms with van der Waals surface area (Å²) in [6, 6.07) is 6.64. The summed E-state index contributed by atoms with van der Waals surface area (Å²) >= 11 is -0.106. The second kappa shape index (κ2) is 7.40. The Morgan fingerprint density at radius 3 is 2.57 bits per heavy atom. The lowest BCUT2D eigenvalue weighted by Gasteiger charge is -2.32. The molecule has 1 fully saturated rings. The number of benzene rings is 1. The molecule has 0 radical (unpaired) electrons. The first kappa shape index (κ1) is 16.5. The molecule has 21 heavy (non-hydrogen) atoms. The standard InChI is InChI=1S/C15H20F3NOS/c1-19-10-3-2-4-12(19)9-11-20-13-5-7-14(8-6-13)21-15(16,17)18/h5-8,12H,2-4,9-11H2,1H3. The summed E-state index contributed by atoms with van der Waals surface area (Å²) in [5.74, 6) is 0.625. The summed E-state index contributed by atoms with van der Waals surface area (Å²) in [7, 11) is 2.13. The van der Waals surface area contributed by atoms with Crippen molar-refractivity contribution in [1.29, 1.82) is 0 Å². The maximum atomic E-state index is 12.2. The molecule has 0 aliphatic carbocycles. The highest BCUT2D eigenvalue weighted by molar-refractivity contribution is 8.00. The fourth-order valence-corrected chi connectivity index (χ4v) is 3.10. The van der Waals surface area contributed by atoms with Gasteiger partial charge in [0.25, 0.3) is 0 Å². The topological polar surface area (TPSA) is 12.5 Å². The van der Waals surface area contributed by atoms with E-state index in [2.05, 4.69) is 11.9 Å². The molecule has 0 amide bonds. The highest BCUT2D eigenvalue weighted by Crippen LogP contribution is 2.37. The molecule has 1 heterocycles. The third-order valence-electron chi connectivity index (χ3n) is 3.70. The molecular weight excluding hydrogens is 299 g/mol. The van der Waals surface area contributed by atoms with Crippen molar-refractivity contribution >= 4 is 11.8 Å². The van der Waals surface area contributed by atoms with Gasteiger partial charge in [0.15, 0.2) is 0 Å². The van der Waals surface area contributed by atoms with Crippen LogP contribution in [0.25, 0.3) is 0 Å².